The van der Waals surface area contributed by atoms with Gasteiger partial charge in [-0.15, -0.1) is 0 Å². The smallest absolute Gasteiger partial charge is 0.252 e. The van der Waals surface area contributed by atoms with Crippen molar-refractivity contribution in [2.45, 2.75) is 31.7 Å². The minimum atomic E-state index is -2.68. The average Bonchev–Trinajstić information content (AvgIpc) is 2.22. The molecule has 0 aromatic heterocycles. The molecule has 0 bridgehead atoms. The Bertz CT molecular complexity index is 473. The first-order valence-electron chi connectivity index (χ1n) is 5.43. The van der Waals surface area contributed by atoms with Crippen LogP contribution in [0.2, 0.25) is 0 Å². The summed E-state index contributed by atoms with van der Waals surface area (Å²) < 4.78 is 39.1. The Labute approximate surface area is 111 Å². The zero-order valence-electron chi connectivity index (χ0n) is 9.57. The Balaban J connectivity index is 2.06. The maximum atomic E-state index is 13.4. The van der Waals surface area contributed by atoms with Gasteiger partial charge in [-0.2, -0.15) is 0 Å². The highest BCUT2D eigenvalue weighted by atomic mass is 79.9. The zero-order valence-corrected chi connectivity index (χ0v) is 11.2. The van der Waals surface area contributed by atoms with Crippen molar-refractivity contribution in [2.24, 2.45) is 0 Å². The number of hydrogen-bond donors (Lipinski definition) is 1. The van der Waals surface area contributed by atoms with Crippen molar-refractivity contribution in [3.05, 3.63) is 33.5 Å². The first-order chi connectivity index (χ1) is 8.28. The highest BCUT2D eigenvalue weighted by molar-refractivity contribution is 9.10. The first-order valence-corrected chi connectivity index (χ1v) is 6.22. The van der Waals surface area contributed by atoms with E-state index in [9.17, 15) is 18.0 Å². The molecule has 6 heteroatoms. The lowest BCUT2D eigenvalue weighted by Crippen LogP contribution is -2.50. The summed E-state index contributed by atoms with van der Waals surface area (Å²) in [5.74, 6) is -3.72. The van der Waals surface area contributed by atoms with Crippen LogP contribution in [0.5, 0.6) is 0 Å². The van der Waals surface area contributed by atoms with E-state index in [1.165, 1.54) is 6.07 Å². The normalized spacial score (nSPS) is 18.3. The van der Waals surface area contributed by atoms with Crippen LogP contribution >= 0.6 is 15.9 Å². The molecule has 0 aliphatic heterocycles. The Morgan fingerprint density at radius 2 is 2.06 bits per heavy atom. The molecule has 0 atom stereocenters. The molecule has 1 aromatic carbocycles. The van der Waals surface area contributed by atoms with Crippen LogP contribution < -0.4 is 5.32 Å². The predicted molar refractivity (Wildman–Crippen MR) is 64.3 cm³/mol. The zero-order chi connectivity index (χ0) is 13.5. The van der Waals surface area contributed by atoms with Crippen LogP contribution in [0.3, 0.4) is 0 Å². The van der Waals surface area contributed by atoms with Crippen LogP contribution in [0.4, 0.5) is 13.2 Å². The Morgan fingerprint density at radius 3 is 2.56 bits per heavy atom. The van der Waals surface area contributed by atoms with E-state index in [1.807, 2.05) is 0 Å². The fourth-order valence-corrected chi connectivity index (χ4v) is 2.24. The van der Waals surface area contributed by atoms with E-state index in [4.69, 9.17) is 0 Å². The lowest BCUT2D eigenvalue weighted by Gasteiger charge is -2.35. The number of amides is 1. The number of halogens is 4. The summed E-state index contributed by atoms with van der Waals surface area (Å²) in [7, 11) is 0. The molecule has 1 aliphatic carbocycles. The molecule has 2 nitrogen and oxygen atoms in total. The standard InChI is InChI=1S/C12H11BrF3NO/c1-6-9(13)2-7(3-10(6)14)11(18)17-8-4-12(15,16)5-8/h2-3,8H,4-5H2,1H3,(H,17,18). The second-order valence-electron chi connectivity index (χ2n) is 4.50. The maximum Gasteiger partial charge on any atom is 0.252 e. The van der Waals surface area contributed by atoms with Gasteiger partial charge in [-0.3, -0.25) is 4.79 Å². The summed E-state index contributed by atoms with van der Waals surface area (Å²) in [4.78, 5) is 11.7. The van der Waals surface area contributed by atoms with Crippen LogP contribution in [-0.2, 0) is 0 Å². The Kier molecular flexibility index (Phi) is 3.40. The maximum absolute atomic E-state index is 13.4. The third-order valence-corrected chi connectivity index (χ3v) is 3.79. The number of nitrogens with one attached hydrogen (secondary N) is 1. The molecule has 1 aliphatic rings. The van der Waals surface area contributed by atoms with Gasteiger partial charge in [0.15, 0.2) is 0 Å². The summed E-state index contributed by atoms with van der Waals surface area (Å²) in [6.45, 7) is 1.58. The lowest BCUT2D eigenvalue weighted by atomic mass is 9.88. The van der Waals surface area contributed by atoms with Crippen molar-refractivity contribution < 1.29 is 18.0 Å². The summed E-state index contributed by atoms with van der Waals surface area (Å²) in [6.07, 6.45) is -0.706. The van der Waals surface area contributed by atoms with Crippen molar-refractivity contribution >= 4 is 21.8 Å². The summed E-state index contributed by atoms with van der Waals surface area (Å²) in [6, 6.07) is 2.05. The van der Waals surface area contributed by atoms with Gasteiger partial charge < -0.3 is 5.32 Å². The number of hydrogen-bond acceptors (Lipinski definition) is 1. The number of alkyl halides is 2. The molecule has 0 saturated heterocycles. The Morgan fingerprint density at radius 1 is 1.44 bits per heavy atom. The monoisotopic (exact) mass is 321 g/mol. The quantitative estimate of drug-likeness (QED) is 0.888. The molecule has 1 fully saturated rings. The van der Waals surface area contributed by atoms with Crippen molar-refractivity contribution in [2.75, 3.05) is 0 Å². The number of carbonyl (C=O) groups excluding carboxylic acids is 1. The fraction of sp³-hybridized carbons (Fsp3) is 0.417. The molecular formula is C12H11BrF3NO. The van der Waals surface area contributed by atoms with Crippen molar-refractivity contribution in [1.82, 2.24) is 5.32 Å². The lowest BCUT2D eigenvalue weighted by molar-refractivity contribution is -0.0901. The van der Waals surface area contributed by atoms with E-state index >= 15 is 0 Å². The molecule has 98 valence electrons. The van der Waals surface area contributed by atoms with Crippen LogP contribution in [0.15, 0.2) is 16.6 Å². The minimum Gasteiger partial charge on any atom is -0.349 e. The minimum absolute atomic E-state index is 0.125. The topological polar surface area (TPSA) is 29.1 Å². The molecule has 1 saturated carbocycles. The largest absolute Gasteiger partial charge is 0.349 e. The van der Waals surface area contributed by atoms with Gasteiger partial charge >= 0.3 is 0 Å². The van der Waals surface area contributed by atoms with E-state index in [0.717, 1.165) is 6.07 Å². The van der Waals surface area contributed by atoms with Gasteiger partial charge in [0.05, 0.1) is 0 Å². The molecule has 1 N–H and O–H groups in total. The molecule has 0 radical (unpaired) electrons. The van der Waals surface area contributed by atoms with Crippen molar-refractivity contribution in [3.8, 4) is 0 Å². The number of benzene rings is 1. The van der Waals surface area contributed by atoms with Gasteiger partial charge in [0.25, 0.3) is 11.8 Å². The van der Waals surface area contributed by atoms with Gasteiger partial charge in [-0.05, 0) is 24.6 Å². The first kappa shape index (κ1) is 13.4. The van der Waals surface area contributed by atoms with Crippen LogP contribution in [0.25, 0.3) is 0 Å². The third-order valence-electron chi connectivity index (χ3n) is 2.97. The van der Waals surface area contributed by atoms with E-state index in [-0.39, 0.29) is 18.4 Å². The van der Waals surface area contributed by atoms with Gasteiger partial charge in [0, 0.05) is 28.9 Å². The molecule has 0 heterocycles. The van der Waals surface area contributed by atoms with E-state index in [1.54, 1.807) is 6.92 Å². The van der Waals surface area contributed by atoms with Gasteiger partial charge in [-0.1, -0.05) is 15.9 Å². The Hall–Kier alpha value is -1.04. The summed E-state index contributed by atoms with van der Waals surface area (Å²) in [5, 5.41) is 2.46. The molecule has 18 heavy (non-hydrogen) atoms. The van der Waals surface area contributed by atoms with Crippen molar-refractivity contribution in [1.29, 1.82) is 0 Å². The van der Waals surface area contributed by atoms with Crippen LogP contribution in [0.1, 0.15) is 28.8 Å². The molecule has 0 spiro atoms. The molecule has 1 amide bonds. The number of carbonyl (C=O) groups is 1. The second kappa shape index (κ2) is 4.57. The molecule has 0 unspecified atom stereocenters. The summed E-state index contributed by atoms with van der Waals surface area (Å²) >= 11 is 3.14. The van der Waals surface area contributed by atoms with E-state index in [0.29, 0.717) is 10.0 Å². The third kappa shape index (κ3) is 2.68. The van der Waals surface area contributed by atoms with Gasteiger partial charge in [0.2, 0.25) is 0 Å². The second-order valence-corrected chi connectivity index (χ2v) is 5.35. The van der Waals surface area contributed by atoms with Gasteiger partial charge in [-0.25, -0.2) is 13.2 Å². The SMILES string of the molecule is Cc1c(F)cc(C(=O)NC2CC(F)(F)C2)cc1Br. The summed E-state index contributed by atoms with van der Waals surface area (Å²) in [5.41, 5.74) is 0.530. The highest BCUT2D eigenvalue weighted by Gasteiger charge is 2.45. The fourth-order valence-electron chi connectivity index (χ4n) is 1.81. The van der Waals surface area contributed by atoms with E-state index < -0.39 is 23.7 Å². The predicted octanol–water partition coefficient (Wildman–Crippen LogP) is 3.42. The van der Waals surface area contributed by atoms with Crippen LogP contribution in [-0.4, -0.2) is 17.9 Å². The molecule has 1 aromatic rings. The average molecular weight is 322 g/mol. The number of rotatable bonds is 2. The van der Waals surface area contributed by atoms with Crippen molar-refractivity contribution in [3.63, 3.8) is 0 Å². The molecule has 2 rings (SSSR count). The van der Waals surface area contributed by atoms with Gasteiger partial charge in [0.1, 0.15) is 5.82 Å². The highest BCUT2D eigenvalue weighted by Crippen LogP contribution is 2.37. The van der Waals surface area contributed by atoms with E-state index in [2.05, 4.69) is 21.2 Å². The van der Waals surface area contributed by atoms with Crippen LogP contribution in [0, 0.1) is 12.7 Å². The molecular weight excluding hydrogens is 311 g/mol.